The third-order valence-electron chi connectivity index (χ3n) is 0.0589. The average Bonchev–Trinajstić information content (AvgIpc) is 1.72. The number of rotatable bonds is 1. The van der Waals surface area contributed by atoms with Gasteiger partial charge in [0.1, 0.15) is 0 Å². The van der Waals surface area contributed by atoms with Crippen molar-refractivity contribution in [2.45, 2.75) is 0 Å². The molecule has 0 aromatic carbocycles. The van der Waals surface area contributed by atoms with Crippen molar-refractivity contribution < 1.29 is 67.4 Å². The van der Waals surface area contributed by atoms with Crippen molar-refractivity contribution in [1.29, 1.82) is 0 Å². The molecule has 0 N–H and O–H groups in total. The van der Waals surface area contributed by atoms with Gasteiger partial charge in [-0.15, -0.1) is 0 Å². The van der Waals surface area contributed by atoms with Gasteiger partial charge in [-0.2, -0.15) is 0 Å². The minimum atomic E-state index is -1.55. The minimum absolute atomic E-state index is 1.50. The quantitative estimate of drug-likeness (QED) is 0.621. The van der Waals surface area contributed by atoms with Crippen LogP contribution in [0.3, 0.4) is 0 Å². The van der Waals surface area contributed by atoms with Crippen LogP contribution in [0.5, 0.6) is 0 Å². The molecule has 0 bridgehead atoms. The molecule has 0 saturated carbocycles. The molecule has 0 unspecified atom stereocenters. The van der Waals surface area contributed by atoms with E-state index < -0.39 is 43.1 Å². The van der Waals surface area contributed by atoms with Crippen molar-refractivity contribution >= 4 is 0 Å². The van der Waals surface area contributed by atoms with Gasteiger partial charge in [-0.05, 0) is 0 Å². The SMILES string of the molecule is [O]=[Cu].[O]=[Zn][Ce]=[O]. The summed E-state index contributed by atoms with van der Waals surface area (Å²) >= 11 is 1.39. The summed E-state index contributed by atoms with van der Waals surface area (Å²) in [5, 5.41) is 0. The molecule has 0 fully saturated rings. The third kappa shape index (κ3) is 16.8. The van der Waals surface area contributed by atoms with Gasteiger partial charge in [0.15, 0.2) is 0 Å². The molecule has 0 aliphatic heterocycles. The Balaban J connectivity index is 0. The van der Waals surface area contributed by atoms with E-state index in [1.54, 1.807) is 0 Å². The molecule has 0 aromatic rings. The van der Waals surface area contributed by atoms with Crippen LogP contribution >= 0.6 is 0 Å². The van der Waals surface area contributed by atoms with E-state index in [1.165, 1.54) is 0 Å². The van der Waals surface area contributed by atoms with Crippen LogP contribution in [0.1, 0.15) is 0 Å². The van der Waals surface area contributed by atoms with Crippen molar-refractivity contribution in [2.75, 3.05) is 0 Å². The second kappa shape index (κ2) is 15.8. The Hall–Kier alpha value is 1.92. The van der Waals surface area contributed by atoms with E-state index in [1.807, 2.05) is 0 Å². The molecule has 35 valence electrons. The van der Waals surface area contributed by atoms with Crippen LogP contribution in [-0.2, 0) is 33.7 Å². The summed E-state index contributed by atoms with van der Waals surface area (Å²) in [6.45, 7) is 0. The molecular formula is CeCuO3Zn. The zero-order valence-corrected chi connectivity index (χ0v) is 9.78. The van der Waals surface area contributed by atoms with E-state index in [-0.39, 0.29) is 0 Å². The molecule has 0 heterocycles. The van der Waals surface area contributed by atoms with E-state index >= 15 is 0 Å². The molecule has 6 heteroatoms. The molecule has 0 radical (unpaired) electrons. The molecule has 0 rings (SSSR count). The number of hydrogen-bond donors (Lipinski definition) is 0. The van der Waals surface area contributed by atoms with Gasteiger partial charge in [-0.3, -0.25) is 0 Å². The van der Waals surface area contributed by atoms with Crippen molar-refractivity contribution in [3.8, 4) is 0 Å². The molecule has 0 spiro atoms. The molecule has 3 nitrogen and oxygen atoms in total. The summed E-state index contributed by atoms with van der Waals surface area (Å²) in [6, 6.07) is 0. The monoisotopic (exact) mass is 315 g/mol. The molecular weight excluding hydrogens is 317 g/mol. The second-order valence-electron chi connectivity index (χ2n) is 0.289. The van der Waals surface area contributed by atoms with Crippen LogP contribution in [0.25, 0.3) is 0 Å². The van der Waals surface area contributed by atoms with Crippen LogP contribution in [0.4, 0.5) is 0 Å². The van der Waals surface area contributed by atoms with Gasteiger partial charge in [0.2, 0.25) is 0 Å². The van der Waals surface area contributed by atoms with Crippen molar-refractivity contribution in [3.63, 3.8) is 0 Å². The first-order chi connectivity index (χ1) is 2.91. The molecule has 0 aromatic heterocycles. The maximum atomic E-state index is 9.26. The Morgan fingerprint density at radius 2 is 1.67 bits per heavy atom. The standard InChI is InChI=1S/Ce.Cu.3O.Zn. The Morgan fingerprint density at radius 1 is 1.50 bits per heavy atom. The second-order valence-corrected chi connectivity index (χ2v) is 10.9. The predicted molar refractivity (Wildman–Crippen MR) is 2.06 cm³/mol. The summed E-state index contributed by atoms with van der Waals surface area (Å²) in [6.07, 6.45) is 0. The van der Waals surface area contributed by atoms with Crippen LogP contribution in [0.2, 0.25) is 0 Å². The van der Waals surface area contributed by atoms with Crippen molar-refractivity contribution in [2.24, 2.45) is 0 Å². The van der Waals surface area contributed by atoms with E-state index in [9.17, 15) is 4.51 Å². The molecule has 6 heavy (non-hydrogen) atoms. The Kier molecular flexibility index (Phi) is 28.5. The zero-order chi connectivity index (χ0) is 5.41. The molecule has 0 aliphatic carbocycles. The van der Waals surface area contributed by atoms with Gasteiger partial charge in [0, 0.05) is 0 Å². The maximum absolute atomic E-state index is 9.26. The molecule has 0 atom stereocenters. The van der Waals surface area contributed by atoms with Gasteiger partial charge >= 0.3 is 67.4 Å². The molecule has 0 amide bonds. The Labute approximate surface area is 65.8 Å². The first kappa shape index (κ1) is 10.8. The third-order valence-corrected chi connectivity index (χ3v) is 2.23. The van der Waals surface area contributed by atoms with Gasteiger partial charge in [0.05, 0.1) is 0 Å². The molecule has 0 aliphatic rings. The fraction of sp³-hybridized carbons (Fsp3) is 0. The first-order valence-corrected chi connectivity index (χ1v) is 16.9. The van der Waals surface area contributed by atoms with Crippen LogP contribution in [-0.4, -0.2) is 0 Å². The van der Waals surface area contributed by atoms with Crippen molar-refractivity contribution in [1.82, 2.24) is 0 Å². The summed E-state index contributed by atoms with van der Waals surface area (Å²) < 4.78 is 26.3. The average molecular weight is 317 g/mol. The van der Waals surface area contributed by atoms with Gasteiger partial charge in [-0.25, -0.2) is 0 Å². The van der Waals surface area contributed by atoms with Gasteiger partial charge in [-0.1, -0.05) is 0 Å². The summed E-state index contributed by atoms with van der Waals surface area (Å²) in [5.41, 5.74) is 0. The van der Waals surface area contributed by atoms with E-state index in [0.29, 0.717) is 0 Å². The van der Waals surface area contributed by atoms with Gasteiger partial charge in [0.25, 0.3) is 0 Å². The normalized spacial score (nSPS) is 3.00. The topological polar surface area (TPSA) is 51.2 Å². The van der Waals surface area contributed by atoms with Crippen LogP contribution in [0.15, 0.2) is 0 Å². The summed E-state index contributed by atoms with van der Waals surface area (Å²) in [7, 11) is -1.50. The van der Waals surface area contributed by atoms with E-state index in [0.717, 1.165) is 0 Å². The van der Waals surface area contributed by atoms with E-state index in [2.05, 4.69) is 15.9 Å². The number of hydrogen-bond acceptors (Lipinski definition) is 3. The zero-order valence-electron chi connectivity index (χ0n) is 2.73. The summed E-state index contributed by atoms with van der Waals surface area (Å²) in [4.78, 5) is 0. The predicted octanol–water partition coefficient (Wildman–Crippen LogP) is -0.361. The first-order valence-electron chi connectivity index (χ1n) is 0.969. The van der Waals surface area contributed by atoms with Gasteiger partial charge < -0.3 is 0 Å². The fourth-order valence-corrected chi connectivity index (χ4v) is 0. The molecule has 0 saturated heterocycles. The van der Waals surface area contributed by atoms with Crippen molar-refractivity contribution in [3.05, 3.63) is 0 Å². The summed E-state index contributed by atoms with van der Waals surface area (Å²) in [5.74, 6) is 0. The van der Waals surface area contributed by atoms with Crippen LogP contribution < -0.4 is 0 Å². The van der Waals surface area contributed by atoms with Crippen LogP contribution in [0, 0.1) is 33.7 Å². The van der Waals surface area contributed by atoms with E-state index in [4.69, 9.17) is 3.83 Å². The Bertz CT molecular complexity index is 40.1. The fourth-order valence-electron chi connectivity index (χ4n) is 0. The Morgan fingerprint density at radius 3 is 1.67 bits per heavy atom.